The highest BCUT2D eigenvalue weighted by Gasteiger charge is 2.39. The standard InChI is InChI=1S/C16H29NO3/c1-11(2)16(4,15(19)20)10-14(18)17-13-7-5-6-12(3)8-9-13/h11-13H,5-10H2,1-4H3,(H,17,18)(H,19,20). The van der Waals surface area contributed by atoms with Crippen molar-refractivity contribution in [2.24, 2.45) is 17.3 Å². The summed E-state index contributed by atoms with van der Waals surface area (Å²) in [6.45, 7) is 7.63. The fourth-order valence-electron chi connectivity index (χ4n) is 2.77. The third kappa shape index (κ3) is 4.50. The maximum atomic E-state index is 12.2. The quantitative estimate of drug-likeness (QED) is 0.761. The highest BCUT2D eigenvalue weighted by molar-refractivity contribution is 5.85. The van der Waals surface area contributed by atoms with Gasteiger partial charge in [0.1, 0.15) is 0 Å². The van der Waals surface area contributed by atoms with Crippen molar-refractivity contribution in [1.29, 1.82) is 0 Å². The van der Waals surface area contributed by atoms with E-state index in [0.717, 1.165) is 31.6 Å². The van der Waals surface area contributed by atoms with Crippen molar-refractivity contribution in [3.05, 3.63) is 0 Å². The minimum atomic E-state index is -0.984. The molecular formula is C16H29NO3. The van der Waals surface area contributed by atoms with E-state index in [0.29, 0.717) is 0 Å². The molecule has 1 saturated carbocycles. The van der Waals surface area contributed by atoms with E-state index in [1.807, 2.05) is 13.8 Å². The zero-order valence-corrected chi connectivity index (χ0v) is 13.2. The fraction of sp³-hybridized carbons (Fsp3) is 0.875. The highest BCUT2D eigenvalue weighted by Crippen LogP contribution is 2.31. The number of hydrogen-bond acceptors (Lipinski definition) is 2. The van der Waals surface area contributed by atoms with Gasteiger partial charge in [-0.15, -0.1) is 0 Å². The van der Waals surface area contributed by atoms with Crippen molar-refractivity contribution in [1.82, 2.24) is 5.32 Å². The first-order valence-corrected chi connectivity index (χ1v) is 7.78. The Hall–Kier alpha value is -1.06. The van der Waals surface area contributed by atoms with Gasteiger partial charge < -0.3 is 10.4 Å². The Morgan fingerprint density at radius 2 is 1.90 bits per heavy atom. The molecule has 0 radical (unpaired) electrons. The van der Waals surface area contributed by atoms with Gasteiger partial charge in [-0.3, -0.25) is 9.59 Å². The molecule has 4 heteroatoms. The molecule has 20 heavy (non-hydrogen) atoms. The van der Waals surface area contributed by atoms with Crippen molar-refractivity contribution in [3.8, 4) is 0 Å². The molecule has 1 amide bonds. The first-order chi connectivity index (χ1) is 9.25. The summed E-state index contributed by atoms with van der Waals surface area (Å²) in [4.78, 5) is 23.6. The lowest BCUT2D eigenvalue weighted by Crippen LogP contribution is -2.42. The molecule has 116 valence electrons. The van der Waals surface area contributed by atoms with Gasteiger partial charge in [-0.05, 0) is 38.0 Å². The molecule has 4 nitrogen and oxygen atoms in total. The lowest BCUT2D eigenvalue weighted by molar-refractivity contribution is -0.153. The van der Waals surface area contributed by atoms with E-state index in [4.69, 9.17) is 0 Å². The molecule has 0 aliphatic heterocycles. The van der Waals surface area contributed by atoms with E-state index in [1.54, 1.807) is 6.92 Å². The van der Waals surface area contributed by atoms with E-state index >= 15 is 0 Å². The van der Waals surface area contributed by atoms with Crippen LogP contribution in [0.5, 0.6) is 0 Å². The topological polar surface area (TPSA) is 66.4 Å². The van der Waals surface area contributed by atoms with Crippen LogP contribution < -0.4 is 5.32 Å². The first kappa shape index (κ1) is 17.0. The van der Waals surface area contributed by atoms with E-state index in [1.165, 1.54) is 6.42 Å². The van der Waals surface area contributed by atoms with Gasteiger partial charge in [0.2, 0.25) is 5.91 Å². The van der Waals surface area contributed by atoms with Gasteiger partial charge in [-0.1, -0.05) is 33.6 Å². The average Bonchev–Trinajstić information content (AvgIpc) is 2.53. The number of carbonyl (C=O) groups is 2. The fourth-order valence-corrected chi connectivity index (χ4v) is 2.77. The zero-order chi connectivity index (χ0) is 15.3. The number of nitrogens with one attached hydrogen (secondary N) is 1. The summed E-state index contributed by atoms with van der Waals surface area (Å²) in [5, 5.41) is 12.4. The second-order valence-corrected chi connectivity index (χ2v) is 6.93. The molecule has 0 heterocycles. The number of carbonyl (C=O) groups excluding carboxylic acids is 1. The Bertz CT molecular complexity index is 354. The summed E-state index contributed by atoms with van der Waals surface area (Å²) in [5.41, 5.74) is -0.984. The van der Waals surface area contributed by atoms with Crippen molar-refractivity contribution in [2.75, 3.05) is 0 Å². The van der Waals surface area contributed by atoms with Crippen LogP contribution in [-0.2, 0) is 9.59 Å². The van der Waals surface area contributed by atoms with Gasteiger partial charge in [0.05, 0.1) is 5.41 Å². The molecular weight excluding hydrogens is 254 g/mol. The smallest absolute Gasteiger partial charge is 0.310 e. The van der Waals surface area contributed by atoms with Crippen molar-refractivity contribution in [2.45, 2.75) is 72.3 Å². The number of amides is 1. The summed E-state index contributed by atoms with van der Waals surface area (Å²) < 4.78 is 0. The summed E-state index contributed by atoms with van der Waals surface area (Å²) >= 11 is 0. The Morgan fingerprint density at radius 1 is 1.25 bits per heavy atom. The SMILES string of the molecule is CC1CCCC(NC(=O)CC(C)(C(=O)O)C(C)C)CC1. The maximum Gasteiger partial charge on any atom is 0.310 e. The first-order valence-electron chi connectivity index (χ1n) is 7.78. The van der Waals surface area contributed by atoms with Crippen LogP contribution >= 0.6 is 0 Å². The Balaban J connectivity index is 2.56. The molecule has 0 aromatic heterocycles. The summed E-state index contributed by atoms with van der Waals surface area (Å²) in [6.07, 6.45) is 5.61. The van der Waals surface area contributed by atoms with Crippen LogP contribution in [0.4, 0.5) is 0 Å². The molecule has 0 aromatic rings. The third-order valence-electron chi connectivity index (χ3n) is 4.91. The minimum absolute atomic E-state index is 0.0616. The lowest BCUT2D eigenvalue weighted by Gasteiger charge is -2.29. The predicted octanol–water partition coefficient (Wildman–Crippen LogP) is 3.21. The number of aliphatic carboxylic acids is 1. The van der Waals surface area contributed by atoms with Crippen LogP contribution in [0.2, 0.25) is 0 Å². The second kappa shape index (κ2) is 7.09. The zero-order valence-electron chi connectivity index (χ0n) is 13.2. The summed E-state index contributed by atoms with van der Waals surface area (Å²) in [6, 6.07) is 0.220. The molecule has 1 rings (SSSR count). The van der Waals surface area contributed by atoms with Crippen LogP contribution in [0.25, 0.3) is 0 Å². The normalized spacial score (nSPS) is 26.6. The second-order valence-electron chi connectivity index (χ2n) is 6.93. The van der Waals surface area contributed by atoms with Crippen LogP contribution in [0, 0.1) is 17.3 Å². The Kier molecular flexibility index (Phi) is 6.03. The molecule has 3 unspecified atom stereocenters. The average molecular weight is 283 g/mol. The Labute approximate surface area is 122 Å². The number of rotatable bonds is 5. The number of carboxylic acid groups (broad SMARTS) is 1. The Morgan fingerprint density at radius 3 is 2.45 bits per heavy atom. The van der Waals surface area contributed by atoms with Gasteiger partial charge in [-0.25, -0.2) is 0 Å². The molecule has 0 aromatic carbocycles. The van der Waals surface area contributed by atoms with Crippen molar-refractivity contribution >= 4 is 11.9 Å². The molecule has 0 saturated heterocycles. The highest BCUT2D eigenvalue weighted by atomic mass is 16.4. The monoisotopic (exact) mass is 283 g/mol. The van der Waals surface area contributed by atoms with Gasteiger partial charge >= 0.3 is 5.97 Å². The van der Waals surface area contributed by atoms with Crippen LogP contribution in [0.1, 0.15) is 66.2 Å². The van der Waals surface area contributed by atoms with E-state index < -0.39 is 11.4 Å². The number of carboxylic acids is 1. The van der Waals surface area contributed by atoms with E-state index in [2.05, 4.69) is 12.2 Å². The molecule has 0 spiro atoms. The van der Waals surface area contributed by atoms with Gasteiger partial charge in [0.15, 0.2) is 0 Å². The number of hydrogen-bond donors (Lipinski definition) is 2. The summed E-state index contributed by atoms with van der Waals surface area (Å²) in [7, 11) is 0. The molecule has 2 N–H and O–H groups in total. The van der Waals surface area contributed by atoms with Gasteiger partial charge in [0.25, 0.3) is 0 Å². The van der Waals surface area contributed by atoms with E-state index in [-0.39, 0.29) is 24.3 Å². The largest absolute Gasteiger partial charge is 0.481 e. The van der Waals surface area contributed by atoms with Gasteiger partial charge in [-0.2, -0.15) is 0 Å². The van der Waals surface area contributed by atoms with Crippen molar-refractivity contribution in [3.63, 3.8) is 0 Å². The van der Waals surface area contributed by atoms with Crippen LogP contribution in [0.3, 0.4) is 0 Å². The lowest BCUT2D eigenvalue weighted by atomic mass is 9.76. The molecule has 3 atom stereocenters. The van der Waals surface area contributed by atoms with Crippen LogP contribution in [-0.4, -0.2) is 23.0 Å². The molecule has 1 aliphatic rings. The molecule has 1 aliphatic carbocycles. The summed E-state index contributed by atoms with van der Waals surface area (Å²) in [5.74, 6) is -0.350. The van der Waals surface area contributed by atoms with E-state index in [9.17, 15) is 14.7 Å². The predicted molar refractivity (Wildman–Crippen MR) is 79.4 cm³/mol. The third-order valence-corrected chi connectivity index (χ3v) is 4.91. The molecule has 1 fully saturated rings. The van der Waals surface area contributed by atoms with Gasteiger partial charge in [0, 0.05) is 12.5 Å². The van der Waals surface area contributed by atoms with Crippen LogP contribution in [0.15, 0.2) is 0 Å². The maximum absolute atomic E-state index is 12.2. The van der Waals surface area contributed by atoms with Crippen molar-refractivity contribution < 1.29 is 14.7 Å². The minimum Gasteiger partial charge on any atom is -0.481 e. The molecule has 0 bridgehead atoms.